The minimum absolute atomic E-state index is 0.468. The summed E-state index contributed by atoms with van der Waals surface area (Å²) in [5, 5.41) is 9.15. The number of rotatable bonds is 5. The Morgan fingerprint density at radius 2 is 2.31 bits per heavy atom. The van der Waals surface area contributed by atoms with Gasteiger partial charge in [0.15, 0.2) is 0 Å². The van der Waals surface area contributed by atoms with Crippen molar-refractivity contribution < 1.29 is 0 Å². The molecule has 5 heteroatoms. The highest BCUT2D eigenvalue weighted by molar-refractivity contribution is 6.31. The van der Waals surface area contributed by atoms with Crippen LogP contribution in [0.5, 0.6) is 0 Å². The van der Waals surface area contributed by atoms with E-state index < -0.39 is 0 Å². The second-order valence-electron chi connectivity index (χ2n) is 3.44. The molecule has 1 rings (SSSR count). The van der Waals surface area contributed by atoms with E-state index >= 15 is 0 Å². The predicted molar refractivity (Wildman–Crippen MR) is 64.8 cm³/mol. The molecule has 86 valence electrons. The maximum Gasteiger partial charge on any atom is 0.123 e. The molecule has 0 unspecified atom stereocenters. The molecule has 0 spiro atoms. The van der Waals surface area contributed by atoms with Gasteiger partial charge in [0.25, 0.3) is 0 Å². The van der Waals surface area contributed by atoms with Gasteiger partial charge in [0.1, 0.15) is 5.82 Å². The number of anilines is 1. The van der Waals surface area contributed by atoms with Crippen molar-refractivity contribution >= 4 is 17.4 Å². The van der Waals surface area contributed by atoms with E-state index in [1.54, 1.807) is 12.1 Å². The fourth-order valence-electron chi connectivity index (χ4n) is 1.38. The van der Waals surface area contributed by atoms with Crippen molar-refractivity contribution in [1.82, 2.24) is 9.88 Å². The van der Waals surface area contributed by atoms with Gasteiger partial charge in [-0.1, -0.05) is 18.5 Å². The Morgan fingerprint density at radius 1 is 1.56 bits per heavy atom. The van der Waals surface area contributed by atoms with Crippen LogP contribution in [0.4, 0.5) is 5.82 Å². The first-order valence-electron chi connectivity index (χ1n) is 5.17. The third-order valence-electron chi connectivity index (χ3n) is 2.30. The second-order valence-corrected chi connectivity index (χ2v) is 3.85. The Labute approximate surface area is 101 Å². The summed E-state index contributed by atoms with van der Waals surface area (Å²) in [6.07, 6.45) is 0.508. The highest BCUT2D eigenvalue weighted by Gasteiger charge is 2.08. The van der Waals surface area contributed by atoms with E-state index in [0.29, 0.717) is 23.8 Å². The quantitative estimate of drug-likeness (QED) is 0.853. The molecule has 0 atom stereocenters. The number of halogens is 1. The van der Waals surface area contributed by atoms with Crippen LogP contribution in [-0.2, 0) is 6.54 Å². The van der Waals surface area contributed by atoms with Crippen molar-refractivity contribution in [3.63, 3.8) is 0 Å². The monoisotopic (exact) mass is 238 g/mol. The second kappa shape index (κ2) is 6.31. The molecule has 0 aromatic carbocycles. The molecule has 16 heavy (non-hydrogen) atoms. The number of pyridine rings is 1. The smallest absolute Gasteiger partial charge is 0.123 e. The lowest BCUT2D eigenvalue weighted by molar-refractivity contribution is 0.283. The number of aromatic nitrogens is 1. The van der Waals surface area contributed by atoms with Gasteiger partial charge in [0.05, 0.1) is 16.8 Å². The summed E-state index contributed by atoms with van der Waals surface area (Å²) in [5.41, 5.74) is 6.37. The molecule has 0 amide bonds. The molecule has 0 bridgehead atoms. The molecular weight excluding hydrogens is 224 g/mol. The maximum atomic E-state index is 8.54. The molecule has 0 aliphatic heterocycles. The third kappa shape index (κ3) is 3.69. The lowest BCUT2D eigenvalue weighted by Gasteiger charge is -2.19. The highest BCUT2D eigenvalue weighted by Crippen LogP contribution is 2.17. The molecule has 0 aliphatic rings. The zero-order valence-electron chi connectivity index (χ0n) is 9.28. The Morgan fingerprint density at radius 3 is 2.94 bits per heavy atom. The van der Waals surface area contributed by atoms with Crippen LogP contribution in [0.1, 0.15) is 19.0 Å². The van der Waals surface area contributed by atoms with Crippen LogP contribution < -0.4 is 5.73 Å². The standard InChI is InChI=1S/C11H15ClN4/c1-2-16(7-3-6-13)8-10-9(12)4-5-11(14)15-10/h4-5H,2-3,7-8H2,1H3,(H2,14,15). The van der Waals surface area contributed by atoms with E-state index in [1.807, 2.05) is 6.92 Å². The molecule has 0 aliphatic carbocycles. The normalized spacial score (nSPS) is 10.4. The van der Waals surface area contributed by atoms with E-state index in [4.69, 9.17) is 22.6 Å². The van der Waals surface area contributed by atoms with E-state index in [1.165, 1.54) is 0 Å². The maximum absolute atomic E-state index is 8.54. The van der Waals surface area contributed by atoms with Gasteiger partial charge < -0.3 is 5.73 Å². The summed E-state index contributed by atoms with van der Waals surface area (Å²) >= 11 is 6.02. The molecule has 4 nitrogen and oxygen atoms in total. The van der Waals surface area contributed by atoms with E-state index in [-0.39, 0.29) is 0 Å². The van der Waals surface area contributed by atoms with Crippen LogP contribution in [0.15, 0.2) is 12.1 Å². The van der Waals surface area contributed by atoms with Gasteiger partial charge in [0.2, 0.25) is 0 Å². The summed E-state index contributed by atoms with van der Waals surface area (Å²) < 4.78 is 0. The van der Waals surface area contributed by atoms with Crippen molar-refractivity contribution in [2.45, 2.75) is 19.9 Å². The average Bonchev–Trinajstić information content (AvgIpc) is 2.28. The average molecular weight is 239 g/mol. The van der Waals surface area contributed by atoms with Crippen LogP contribution in [0, 0.1) is 11.3 Å². The molecule has 0 saturated carbocycles. The van der Waals surface area contributed by atoms with Crippen molar-refractivity contribution in [1.29, 1.82) is 5.26 Å². The van der Waals surface area contributed by atoms with Crippen LogP contribution in [-0.4, -0.2) is 23.0 Å². The lowest BCUT2D eigenvalue weighted by atomic mass is 10.3. The van der Waals surface area contributed by atoms with Crippen molar-refractivity contribution in [3.05, 3.63) is 22.8 Å². The molecule has 0 radical (unpaired) electrons. The summed E-state index contributed by atoms with van der Waals surface area (Å²) in [7, 11) is 0. The van der Waals surface area contributed by atoms with Gasteiger partial charge in [0, 0.05) is 19.5 Å². The fourth-order valence-corrected chi connectivity index (χ4v) is 1.55. The number of hydrogen-bond acceptors (Lipinski definition) is 4. The van der Waals surface area contributed by atoms with Crippen LogP contribution in [0.3, 0.4) is 0 Å². The zero-order chi connectivity index (χ0) is 12.0. The van der Waals surface area contributed by atoms with Crippen molar-refractivity contribution in [3.8, 4) is 6.07 Å². The molecule has 1 heterocycles. The van der Waals surface area contributed by atoms with Gasteiger partial charge in [-0.25, -0.2) is 4.98 Å². The van der Waals surface area contributed by atoms with Gasteiger partial charge in [-0.2, -0.15) is 5.26 Å². The SMILES string of the molecule is CCN(CCC#N)Cc1nc(N)ccc1Cl. The fraction of sp³-hybridized carbons (Fsp3) is 0.455. The number of nitrogen functional groups attached to an aromatic ring is 1. The Kier molecular flexibility index (Phi) is 5.03. The van der Waals surface area contributed by atoms with Gasteiger partial charge >= 0.3 is 0 Å². The van der Waals surface area contributed by atoms with Gasteiger partial charge in [-0.3, -0.25) is 4.90 Å². The van der Waals surface area contributed by atoms with E-state index in [9.17, 15) is 0 Å². The first-order valence-corrected chi connectivity index (χ1v) is 5.55. The Bertz CT molecular complexity index is 386. The number of nitrogens with two attached hydrogens (primary N) is 1. The molecule has 0 fully saturated rings. The number of hydrogen-bond donors (Lipinski definition) is 1. The molecule has 1 aromatic heterocycles. The summed E-state index contributed by atoms with van der Waals surface area (Å²) in [6, 6.07) is 5.55. The third-order valence-corrected chi connectivity index (χ3v) is 2.64. The van der Waals surface area contributed by atoms with Crippen LogP contribution >= 0.6 is 11.6 Å². The number of nitrogens with zero attached hydrogens (tertiary/aromatic N) is 3. The van der Waals surface area contributed by atoms with Crippen LogP contribution in [0.2, 0.25) is 5.02 Å². The van der Waals surface area contributed by atoms with Gasteiger partial charge in [-0.15, -0.1) is 0 Å². The lowest BCUT2D eigenvalue weighted by Crippen LogP contribution is -2.24. The summed E-state index contributed by atoms with van der Waals surface area (Å²) in [6.45, 7) is 4.24. The largest absolute Gasteiger partial charge is 0.384 e. The molecule has 0 saturated heterocycles. The van der Waals surface area contributed by atoms with Crippen molar-refractivity contribution in [2.75, 3.05) is 18.8 Å². The van der Waals surface area contributed by atoms with Crippen molar-refractivity contribution in [2.24, 2.45) is 0 Å². The summed E-state index contributed by atoms with van der Waals surface area (Å²) in [4.78, 5) is 6.30. The number of nitriles is 1. The Balaban J connectivity index is 2.70. The topological polar surface area (TPSA) is 65.9 Å². The molecule has 1 aromatic rings. The zero-order valence-corrected chi connectivity index (χ0v) is 10.0. The summed E-state index contributed by atoms with van der Waals surface area (Å²) in [5.74, 6) is 0.468. The minimum Gasteiger partial charge on any atom is -0.384 e. The molecule has 2 N–H and O–H groups in total. The molecular formula is C11H15ClN4. The van der Waals surface area contributed by atoms with E-state index in [2.05, 4.69) is 16.0 Å². The van der Waals surface area contributed by atoms with Crippen LogP contribution in [0.25, 0.3) is 0 Å². The first-order chi connectivity index (χ1) is 7.67. The van der Waals surface area contributed by atoms with E-state index in [0.717, 1.165) is 18.8 Å². The predicted octanol–water partition coefficient (Wildman–Crippen LogP) is 2.05. The minimum atomic E-state index is 0.468. The van der Waals surface area contributed by atoms with Gasteiger partial charge in [-0.05, 0) is 18.7 Å². The highest BCUT2D eigenvalue weighted by atomic mass is 35.5. The first kappa shape index (κ1) is 12.8. The Hall–Kier alpha value is -1.31.